The average Bonchev–Trinajstić information content (AvgIpc) is 2.98. The van der Waals surface area contributed by atoms with Crippen molar-refractivity contribution in [3.8, 4) is 0 Å². The zero-order valence-corrected chi connectivity index (χ0v) is 23.8. The van der Waals surface area contributed by atoms with Gasteiger partial charge in [-0.1, -0.05) is 30.3 Å². The lowest BCUT2D eigenvalue weighted by atomic mass is 9.88. The van der Waals surface area contributed by atoms with Crippen LogP contribution >= 0.6 is 0 Å². The van der Waals surface area contributed by atoms with Crippen LogP contribution in [0, 0.1) is 5.92 Å². The molecule has 240 valence electrons. The molecule has 44 heavy (non-hydrogen) atoms. The number of nitrogens with zero attached hydrogens (tertiary/aromatic N) is 3. The van der Waals surface area contributed by atoms with Gasteiger partial charge >= 0.3 is 12.4 Å². The zero-order valence-electron chi connectivity index (χ0n) is 23.8. The molecule has 2 amide bonds. The lowest BCUT2D eigenvalue weighted by molar-refractivity contribution is -0.245. The third-order valence-corrected chi connectivity index (χ3v) is 8.45. The van der Waals surface area contributed by atoms with Crippen LogP contribution in [0.2, 0.25) is 0 Å². The summed E-state index contributed by atoms with van der Waals surface area (Å²) in [4.78, 5) is 31.7. The van der Waals surface area contributed by atoms with Gasteiger partial charge in [0.25, 0.3) is 0 Å². The van der Waals surface area contributed by atoms with Crippen LogP contribution in [0.1, 0.15) is 47.9 Å². The van der Waals surface area contributed by atoms with E-state index < -0.39 is 54.3 Å². The van der Waals surface area contributed by atoms with Crippen molar-refractivity contribution in [2.75, 3.05) is 26.2 Å². The van der Waals surface area contributed by atoms with E-state index in [0.29, 0.717) is 18.6 Å². The first-order valence-electron chi connectivity index (χ1n) is 14.5. The molecule has 8 nitrogen and oxygen atoms in total. The van der Waals surface area contributed by atoms with E-state index in [1.807, 2.05) is 30.3 Å². The van der Waals surface area contributed by atoms with Gasteiger partial charge in [-0.3, -0.25) is 9.59 Å². The first-order valence-corrected chi connectivity index (χ1v) is 14.5. The summed E-state index contributed by atoms with van der Waals surface area (Å²) >= 11 is 0. The average molecular weight is 629 g/mol. The van der Waals surface area contributed by atoms with Gasteiger partial charge in [-0.25, -0.2) is 4.90 Å². The topological polar surface area (TPSA) is 85.4 Å². The van der Waals surface area contributed by atoms with Crippen molar-refractivity contribution >= 4 is 11.8 Å². The third-order valence-electron chi connectivity index (χ3n) is 8.45. The number of rotatable bonds is 8. The molecule has 2 aromatic carbocycles. The molecular formula is C30H34F6N4O4. The normalized spacial score (nSPS) is 23.2. The molecule has 0 aliphatic carbocycles. The van der Waals surface area contributed by atoms with Gasteiger partial charge in [-0.15, -0.1) is 0 Å². The fourth-order valence-electron chi connectivity index (χ4n) is 6.24. The van der Waals surface area contributed by atoms with E-state index in [1.165, 1.54) is 9.80 Å². The maximum atomic E-state index is 13.8. The number of carbonyl (C=O) groups is 2. The van der Waals surface area contributed by atoms with E-state index >= 15 is 0 Å². The Kier molecular flexibility index (Phi) is 9.54. The highest BCUT2D eigenvalue weighted by Gasteiger charge is 2.49. The van der Waals surface area contributed by atoms with Crippen LogP contribution in [0.25, 0.3) is 0 Å². The number of alkyl halides is 6. The Bertz CT molecular complexity index is 1290. The Balaban J connectivity index is 1.38. The number of benzene rings is 2. The van der Waals surface area contributed by atoms with Crippen molar-refractivity contribution < 1.29 is 45.8 Å². The van der Waals surface area contributed by atoms with Crippen LogP contribution < -0.4 is 5.32 Å². The quantitative estimate of drug-likeness (QED) is 0.337. The molecule has 3 fully saturated rings. The summed E-state index contributed by atoms with van der Waals surface area (Å²) in [5.74, 6) is -0.286. The van der Waals surface area contributed by atoms with Gasteiger partial charge < -0.3 is 25.0 Å². The molecule has 2 aromatic rings. The fourth-order valence-corrected chi connectivity index (χ4v) is 6.24. The van der Waals surface area contributed by atoms with Gasteiger partial charge in [0.05, 0.1) is 24.3 Å². The predicted octanol–water partition coefficient (Wildman–Crippen LogP) is 4.18. The summed E-state index contributed by atoms with van der Waals surface area (Å²) in [5.41, 5.74) is -2.54. The van der Waals surface area contributed by atoms with E-state index in [1.54, 1.807) is 4.90 Å². The number of aliphatic hydroxyl groups excluding tert-OH is 1. The van der Waals surface area contributed by atoms with Gasteiger partial charge in [-0.2, -0.15) is 26.3 Å². The van der Waals surface area contributed by atoms with Crippen molar-refractivity contribution in [1.29, 1.82) is 0 Å². The molecule has 0 radical (unpaired) electrons. The summed E-state index contributed by atoms with van der Waals surface area (Å²) in [6.07, 6.45) is -10.6. The minimum Gasteiger partial charge on any atom is -0.356 e. The standard InChI is InChI=1S/C30H34F6N4O4/c31-29(32,33)22-12-21(13-23(15-22)30(34,35)36)18-44-28(43)39-11-8-26(41)40-24(14-19-6-9-37-10-7-19)27(42)38(17-25(39)40)16-20-4-2-1-3-5-20/h1-5,12-13,15,19,24-25,28,37,43H,6-11,14,16-18H2. The molecule has 3 heterocycles. The minimum absolute atomic E-state index is 0.0188. The number of fused-ring (bicyclic) bond motifs is 1. The molecule has 5 rings (SSSR count). The van der Waals surface area contributed by atoms with Gasteiger partial charge in [-0.05, 0) is 67.6 Å². The van der Waals surface area contributed by atoms with Crippen LogP contribution in [0.5, 0.6) is 0 Å². The molecule has 2 N–H and O–H groups in total. The van der Waals surface area contributed by atoms with E-state index in [9.17, 15) is 41.0 Å². The van der Waals surface area contributed by atoms with Crippen LogP contribution in [-0.2, 0) is 39.8 Å². The summed E-state index contributed by atoms with van der Waals surface area (Å²) in [6, 6.07) is 9.59. The maximum absolute atomic E-state index is 13.8. The number of halogens is 6. The molecule has 0 aromatic heterocycles. The minimum atomic E-state index is -5.03. The van der Waals surface area contributed by atoms with Crippen molar-refractivity contribution in [1.82, 2.24) is 20.0 Å². The molecule has 0 spiro atoms. The Hall–Kier alpha value is -3.20. The Morgan fingerprint density at radius 2 is 1.57 bits per heavy atom. The molecular weight excluding hydrogens is 594 g/mol. The SMILES string of the molecule is O=C1C(CC2CCNCC2)N2C(=O)CCN(C(O)OCc3cc(C(F)(F)F)cc(C(F)(F)F)c3)C2CN1Cc1ccccc1. The molecule has 14 heteroatoms. The molecule has 3 atom stereocenters. The molecule has 3 aliphatic rings. The number of hydrogen-bond donors (Lipinski definition) is 2. The first-order chi connectivity index (χ1) is 20.8. The van der Waals surface area contributed by atoms with Crippen molar-refractivity contribution in [2.45, 2.75) is 69.8 Å². The Labute approximate surface area is 250 Å². The molecule has 0 bridgehead atoms. The maximum Gasteiger partial charge on any atom is 0.416 e. The second-order valence-corrected chi connectivity index (χ2v) is 11.5. The lowest BCUT2D eigenvalue weighted by Crippen LogP contribution is -2.72. The highest BCUT2D eigenvalue weighted by atomic mass is 19.4. The molecule has 3 aliphatic heterocycles. The smallest absolute Gasteiger partial charge is 0.356 e. The monoisotopic (exact) mass is 628 g/mol. The summed E-state index contributed by atoms with van der Waals surface area (Å²) in [6.45, 7) is 1.14. The van der Waals surface area contributed by atoms with Crippen LogP contribution in [0.15, 0.2) is 48.5 Å². The molecule has 3 unspecified atom stereocenters. The summed E-state index contributed by atoms with van der Waals surface area (Å²) < 4.78 is 85.5. The second kappa shape index (κ2) is 13.0. The van der Waals surface area contributed by atoms with Crippen LogP contribution in [0.4, 0.5) is 26.3 Å². The van der Waals surface area contributed by atoms with Crippen LogP contribution in [0.3, 0.4) is 0 Å². The number of nitrogens with one attached hydrogen (secondary N) is 1. The lowest BCUT2D eigenvalue weighted by Gasteiger charge is -2.53. The van der Waals surface area contributed by atoms with E-state index in [-0.39, 0.29) is 49.9 Å². The number of piperidine rings is 1. The summed E-state index contributed by atoms with van der Waals surface area (Å²) in [7, 11) is 0. The molecule has 3 saturated heterocycles. The second-order valence-electron chi connectivity index (χ2n) is 11.5. The van der Waals surface area contributed by atoms with Crippen LogP contribution in [-0.4, -0.2) is 76.4 Å². The fraction of sp³-hybridized carbons (Fsp3) is 0.533. The van der Waals surface area contributed by atoms with Crippen molar-refractivity contribution in [2.24, 2.45) is 5.92 Å². The van der Waals surface area contributed by atoms with E-state index in [2.05, 4.69) is 5.32 Å². The van der Waals surface area contributed by atoms with Gasteiger partial charge in [0.15, 0.2) is 0 Å². The van der Waals surface area contributed by atoms with Crippen molar-refractivity contribution in [3.05, 3.63) is 70.8 Å². The van der Waals surface area contributed by atoms with Crippen molar-refractivity contribution in [3.63, 3.8) is 0 Å². The van der Waals surface area contributed by atoms with Gasteiger partial charge in [0.1, 0.15) is 12.2 Å². The highest BCUT2D eigenvalue weighted by Crippen LogP contribution is 2.37. The van der Waals surface area contributed by atoms with E-state index in [4.69, 9.17) is 4.74 Å². The van der Waals surface area contributed by atoms with Gasteiger partial charge in [0.2, 0.25) is 18.2 Å². The zero-order chi connectivity index (χ0) is 31.6. The number of aliphatic hydroxyl groups is 1. The number of carbonyl (C=O) groups excluding carboxylic acids is 2. The number of hydrogen-bond acceptors (Lipinski definition) is 6. The molecule has 0 saturated carbocycles. The Morgan fingerprint density at radius 1 is 0.932 bits per heavy atom. The summed E-state index contributed by atoms with van der Waals surface area (Å²) in [5, 5.41) is 14.4. The first kappa shape index (κ1) is 32.2. The van der Waals surface area contributed by atoms with Gasteiger partial charge in [0, 0.05) is 19.5 Å². The highest BCUT2D eigenvalue weighted by molar-refractivity contribution is 5.89. The number of piperazine rings is 1. The number of ether oxygens (including phenoxy) is 1. The number of amides is 2. The predicted molar refractivity (Wildman–Crippen MR) is 145 cm³/mol. The Morgan fingerprint density at radius 3 is 2.18 bits per heavy atom. The van der Waals surface area contributed by atoms with E-state index in [0.717, 1.165) is 31.5 Å². The largest absolute Gasteiger partial charge is 0.416 e. The third kappa shape index (κ3) is 7.36.